The summed E-state index contributed by atoms with van der Waals surface area (Å²) in [6, 6.07) is 0. The Hall–Kier alpha value is -1.32. The van der Waals surface area contributed by atoms with Gasteiger partial charge in [-0.15, -0.1) is 0 Å². The summed E-state index contributed by atoms with van der Waals surface area (Å²) in [5.41, 5.74) is 0. The molecule has 0 aromatic carbocycles. The van der Waals surface area contributed by atoms with Gasteiger partial charge in [-0.25, -0.2) is 0 Å². The number of ether oxygens (including phenoxy) is 1. The highest BCUT2D eigenvalue weighted by Crippen LogP contribution is 2.26. The molecule has 114 valence electrons. The molecule has 0 bridgehead atoms. The summed E-state index contributed by atoms with van der Waals surface area (Å²) in [7, 11) is 0. The second-order valence-electron chi connectivity index (χ2n) is 5.52. The molecule has 0 aromatic heterocycles. The molecule has 4 nitrogen and oxygen atoms in total. The molecule has 20 heavy (non-hydrogen) atoms. The van der Waals surface area contributed by atoms with Crippen molar-refractivity contribution in [3.8, 4) is 0 Å². The normalized spacial score (nSPS) is 23.3. The van der Waals surface area contributed by atoms with E-state index in [9.17, 15) is 9.59 Å². The molecule has 1 aliphatic carbocycles. The van der Waals surface area contributed by atoms with Crippen LogP contribution in [0.2, 0.25) is 0 Å². The summed E-state index contributed by atoms with van der Waals surface area (Å²) in [6.45, 7) is 4.64. The van der Waals surface area contributed by atoms with Gasteiger partial charge in [-0.3, -0.25) is 9.59 Å². The SMILES string of the molecule is CCCCC(CC)COC(=O)C1C=CCCC1C(=O)O. The van der Waals surface area contributed by atoms with E-state index in [1.54, 1.807) is 6.08 Å². The van der Waals surface area contributed by atoms with Crippen molar-refractivity contribution in [1.82, 2.24) is 0 Å². The average Bonchev–Trinajstić information content (AvgIpc) is 2.47. The van der Waals surface area contributed by atoms with E-state index >= 15 is 0 Å². The van der Waals surface area contributed by atoms with Gasteiger partial charge >= 0.3 is 11.9 Å². The summed E-state index contributed by atoms with van der Waals surface area (Å²) in [5.74, 6) is -2.17. The Kier molecular flexibility index (Phi) is 7.34. The van der Waals surface area contributed by atoms with Gasteiger partial charge in [-0.05, 0) is 25.2 Å². The lowest BCUT2D eigenvalue weighted by Crippen LogP contribution is -2.32. The van der Waals surface area contributed by atoms with Crippen LogP contribution in [0.15, 0.2) is 12.2 Å². The highest BCUT2D eigenvalue weighted by atomic mass is 16.5. The summed E-state index contributed by atoms with van der Waals surface area (Å²) in [5, 5.41) is 9.16. The van der Waals surface area contributed by atoms with E-state index in [-0.39, 0.29) is 5.97 Å². The zero-order valence-corrected chi connectivity index (χ0v) is 12.5. The first-order valence-electron chi connectivity index (χ1n) is 7.66. The highest BCUT2D eigenvalue weighted by molar-refractivity contribution is 5.83. The van der Waals surface area contributed by atoms with Crippen molar-refractivity contribution < 1.29 is 19.4 Å². The Balaban J connectivity index is 2.49. The molecule has 0 radical (unpaired) electrons. The minimum absolute atomic E-state index is 0.384. The molecule has 0 heterocycles. The molecule has 0 saturated carbocycles. The molecule has 1 N–H and O–H groups in total. The molecule has 1 rings (SSSR count). The standard InChI is InChI=1S/C16H26O4/c1-3-5-8-12(4-2)11-20-16(19)14-10-7-6-9-13(14)15(17)18/h7,10,12-14H,3-6,8-9,11H2,1-2H3,(H,17,18). The van der Waals surface area contributed by atoms with Gasteiger partial charge in [0.25, 0.3) is 0 Å². The molecule has 0 aliphatic heterocycles. The number of unbranched alkanes of at least 4 members (excludes halogenated alkanes) is 1. The lowest BCUT2D eigenvalue weighted by molar-refractivity contribution is -0.157. The summed E-state index contributed by atoms with van der Waals surface area (Å²) in [6.07, 6.45) is 9.11. The summed E-state index contributed by atoms with van der Waals surface area (Å²) >= 11 is 0. The second kappa shape index (κ2) is 8.77. The van der Waals surface area contributed by atoms with Crippen LogP contribution in [0.1, 0.15) is 52.4 Å². The van der Waals surface area contributed by atoms with E-state index in [0.717, 1.165) is 32.1 Å². The number of allylic oxidation sites excluding steroid dienone is 1. The first kappa shape index (κ1) is 16.7. The molecular weight excluding hydrogens is 256 g/mol. The van der Waals surface area contributed by atoms with E-state index in [2.05, 4.69) is 13.8 Å². The minimum Gasteiger partial charge on any atom is -0.481 e. The number of hydrogen-bond acceptors (Lipinski definition) is 3. The lowest BCUT2D eigenvalue weighted by Gasteiger charge is -2.23. The maximum absolute atomic E-state index is 12.1. The van der Waals surface area contributed by atoms with Crippen molar-refractivity contribution in [2.75, 3.05) is 6.61 Å². The Morgan fingerprint density at radius 1 is 1.40 bits per heavy atom. The lowest BCUT2D eigenvalue weighted by atomic mass is 9.84. The topological polar surface area (TPSA) is 63.6 Å². The Labute approximate surface area is 121 Å². The van der Waals surface area contributed by atoms with Gasteiger partial charge in [-0.2, -0.15) is 0 Å². The van der Waals surface area contributed by atoms with E-state index in [1.807, 2.05) is 6.08 Å². The van der Waals surface area contributed by atoms with Gasteiger partial charge in [-0.1, -0.05) is 45.3 Å². The number of carbonyl (C=O) groups is 2. The smallest absolute Gasteiger partial charge is 0.313 e. The molecule has 0 spiro atoms. The molecule has 0 amide bonds. The Morgan fingerprint density at radius 2 is 2.15 bits per heavy atom. The minimum atomic E-state index is -0.908. The second-order valence-corrected chi connectivity index (χ2v) is 5.52. The van der Waals surface area contributed by atoms with Crippen LogP contribution in [0.25, 0.3) is 0 Å². The maximum atomic E-state index is 12.1. The Morgan fingerprint density at radius 3 is 2.75 bits per heavy atom. The zero-order valence-electron chi connectivity index (χ0n) is 12.5. The van der Waals surface area contributed by atoms with Crippen molar-refractivity contribution in [2.45, 2.75) is 52.4 Å². The van der Waals surface area contributed by atoms with Crippen LogP contribution in [-0.4, -0.2) is 23.7 Å². The molecule has 0 aromatic rings. The third-order valence-electron chi connectivity index (χ3n) is 4.02. The molecule has 1 aliphatic rings. The number of carboxylic acid groups (broad SMARTS) is 1. The number of carbonyl (C=O) groups excluding carboxylic acids is 1. The largest absolute Gasteiger partial charge is 0.481 e. The first-order chi connectivity index (χ1) is 9.60. The van der Waals surface area contributed by atoms with Crippen molar-refractivity contribution >= 4 is 11.9 Å². The highest BCUT2D eigenvalue weighted by Gasteiger charge is 2.34. The molecule has 0 fully saturated rings. The van der Waals surface area contributed by atoms with Crippen LogP contribution in [-0.2, 0) is 14.3 Å². The van der Waals surface area contributed by atoms with Gasteiger partial charge in [0.2, 0.25) is 0 Å². The fraction of sp³-hybridized carbons (Fsp3) is 0.750. The van der Waals surface area contributed by atoms with Crippen molar-refractivity contribution in [3.63, 3.8) is 0 Å². The molecule has 0 saturated heterocycles. The molecular formula is C16H26O4. The maximum Gasteiger partial charge on any atom is 0.313 e. The quantitative estimate of drug-likeness (QED) is 0.547. The summed E-state index contributed by atoms with van der Waals surface area (Å²) < 4.78 is 5.36. The van der Waals surface area contributed by atoms with E-state index < -0.39 is 17.8 Å². The molecule has 3 unspecified atom stereocenters. The average molecular weight is 282 g/mol. The van der Waals surface area contributed by atoms with Gasteiger partial charge in [0.1, 0.15) is 0 Å². The molecule has 3 atom stereocenters. The van der Waals surface area contributed by atoms with E-state index in [0.29, 0.717) is 18.9 Å². The number of aliphatic carboxylic acids is 1. The predicted octanol–water partition coefficient (Wildman–Crippen LogP) is 3.41. The van der Waals surface area contributed by atoms with E-state index in [4.69, 9.17) is 9.84 Å². The Bertz CT molecular complexity index is 348. The van der Waals surface area contributed by atoms with Crippen LogP contribution in [0, 0.1) is 17.8 Å². The van der Waals surface area contributed by atoms with Crippen molar-refractivity contribution in [2.24, 2.45) is 17.8 Å². The van der Waals surface area contributed by atoms with Crippen LogP contribution >= 0.6 is 0 Å². The van der Waals surface area contributed by atoms with Crippen LogP contribution < -0.4 is 0 Å². The third-order valence-corrected chi connectivity index (χ3v) is 4.02. The van der Waals surface area contributed by atoms with Gasteiger partial charge in [0, 0.05) is 0 Å². The van der Waals surface area contributed by atoms with Gasteiger partial charge in [0.05, 0.1) is 18.4 Å². The first-order valence-corrected chi connectivity index (χ1v) is 7.66. The van der Waals surface area contributed by atoms with E-state index in [1.165, 1.54) is 0 Å². The van der Waals surface area contributed by atoms with Crippen molar-refractivity contribution in [3.05, 3.63) is 12.2 Å². The zero-order chi connectivity index (χ0) is 15.0. The monoisotopic (exact) mass is 282 g/mol. The number of hydrogen-bond donors (Lipinski definition) is 1. The summed E-state index contributed by atoms with van der Waals surface area (Å²) in [4.78, 5) is 23.2. The number of esters is 1. The fourth-order valence-electron chi connectivity index (χ4n) is 2.55. The van der Waals surface area contributed by atoms with Crippen LogP contribution in [0.3, 0.4) is 0 Å². The predicted molar refractivity (Wildman–Crippen MR) is 77.3 cm³/mol. The fourth-order valence-corrected chi connectivity index (χ4v) is 2.55. The molecule has 4 heteroatoms. The van der Waals surface area contributed by atoms with Crippen LogP contribution in [0.4, 0.5) is 0 Å². The van der Waals surface area contributed by atoms with Crippen molar-refractivity contribution in [1.29, 1.82) is 0 Å². The third kappa shape index (κ3) is 4.99. The number of carboxylic acids is 1. The van der Waals surface area contributed by atoms with Gasteiger partial charge < -0.3 is 9.84 Å². The van der Waals surface area contributed by atoms with Crippen LogP contribution in [0.5, 0.6) is 0 Å². The number of rotatable bonds is 8. The van der Waals surface area contributed by atoms with Gasteiger partial charge in [0.15, 0.2) is 0 Å².